The molecule has 1 amide bonds. The second-order valence-electron chi connectivity index (χ2n) is 7.76. The molecule has 0 spiro atoms. The van der Waals surface area contributed by atoms with Crippen molar-refractivity contribution >= 4 is 21.6 Å². The van der Waals surface area contributed by atoms with Gasteiger partial charge in [-0.25, -0.2) is 13.4 Å². The Morgan fingerprint density at radius 2 is 1.94 bits per heavy atom. The smallest absolute Gasteiger partial charge is 0.272 e. The first-order valence-electron chi connectivity index (χ1n) is 10.5. The molecule has 0 saturated carbocycles. The lowest BCUT2D eigenvalue weighted by atomic mass is 10.1. The van der Waals surface area contributed by atoms with Gasteiger partial charge >= 0.3 is 0 Å². The molecule has 2 aromatic heterocycles. The number of sulfonamides is 1. The molecule has 4 rings (SSSR count). The lowest BCUT2D eigenvalue weighted by Crippen LogP contribution is -2.27. The van der Waals surface area contributed by atoms with Crippen LogP contribution < -0.4 is 10.9 Å². The largest absolute Gasteiger partial charge is 0.345 e. The van der Waals surface area contributed by atoms with E-state index in [9.17, 15) is 18.0 Å². The van der Waals surface area contributed by atoms with Crippen molar-refractivity contribution in [2.24, 2.45) is 7.05 Å². The number of amides is 1. The molecule has 1 aliphatic rings. The van der Waals surface area contributed by atoms with Crippen LogP contribution in [0.2, 0.25) is 0 Å². The minimum atomic E-state index is -3.61. The first kappa shape index (κ1) is 22.0. The van der Waals surface area contributed by atoms with Gasteiger partial charge < -0.3 is 14.9 Å². The van der Waals surface area contributed by atoms with Crippen LogP contribution >= 0.6 is 0 Å². The Morgan fingerprint density at radius 1 is 1.19 bits per heavy atom. The highest BCUT2D eigenvalue weighted by atomic mass is 32.2. The molecule has 0 atom stereocenters. The number of rotatable bonds is 6. The van der Waals surface area contributed by atoms with Gasteiger partial charge in [0.15, 0.2) is 0 Å². The van der Waals surface area contributed by atoms with Gasteiger partial charge in [-0.2, -0.15) is 4.31 Å². The van der Waals surface area contributed by atoms with Crippen molar-refractivity contribution in [1.82, 2.24) is 18.8 Å². The van der Waals surface area contributed by atoms with Crippen molar-refractivity contribution < 1.29 is 13.2 Å². The fourth-order valence-corrected chi connectivity index (χ4v) is 5.33. The molecule has 10 heteroatoms. The fraction of sp³-hybridized carbons (Fsp3) is 0.318. The maximum Gasteiger partial charge on any atom is 0.272 e. The quantitative estimate of drug-likeness (QED) is 0.592. The summed E-state index contributed by atoms with van der Waals surface area (Å²) in [5.74, 6) is -0.0143. The molecule has 1 fully saturated rings. The van der Waals surface area contributed by atoms with E-state index < -0.39 is 15.9 Å². The number of nitrogens with zero attached hydrogens (tertiary/aromatic N) is 3. The van der Waals surface area contributed by atoms with E-state index in [-0.39, 0.29) is 16.1 Å². The zero-order chi connectivity index (χ0) is 22.9. The number of H-pyrrole nitrogens is 1. The standard InChI is InChI=1S/C22H25N5O4S/c1-3-16-12-20(28)25-21(23-16)15-7-6-8-17(11-15)24-22(29)19-13-18(14-26(19)2)32(30,31)27-9-4-5-10-27/h6-8,11-14H,3-5,9-10H2,1-2H3,(H,24,29)(H,23,25,28). The average Bonchev–Trinajstić information content (AvgIpc) is 3.44. The van der Waals surface area contributed by atoms with Gasteiger partial charge in [-0.3, -0.25) is 9.59 Å². The van der Waals surface area contributed by atoms with E-state index in [0.717, 1.165) is 12.8 Å². The molecule has 3 aromatic rings. The van der Waals surface area contributed by atoms with Gasteiger partial charge in [-0.05, 0) is 37.5 Å². The normalized spacial score (nSPS) is 14.6. The minimum absolute atomic E-state index is 0.110. The summed E-state index contributed by atoms with van der Waals surface area (Å²) in [6.45, 7) is 2.92. The number of anilines is 1. The number of hydrogen-bond donors (Lipinski definition) is 2. The van der Waals surface area contributed by atoms with E-state index >= 15 is 0 Å². The molecule has 1 saturated heterocycles. The zero-order valence-corrected chi connectivity index (χ0v) is 18.8. The molecule has 9 nitrogen and oxygen atoms in total. The number of nitrogens with one attached hydrogen (secondary N) is 2. The highest BCUT2D eigenvalue weighted by Gasteiger charge is 2.29. The van der Waals surface area contributed by atoms with Gasteiger partial charge in [0.2, 0.25) is 10.0 Å². The molecule has 2 N–H and O–H groups in total. The number of carbonyl (C=O) groups is 1. The maximum atomic E-state index is 12.9. The number of carbonyl (C=O) groups excluding carboxylic acids is 1. The van der Waals surface area contributed by atoms with Crippen LogP contribution in [0.4, 0.5) is 5.69 Å². The van der Waals surface area contributed by atoms with Gasteiger partial charge in [0.1, 0.15) is 16.4 Å². The van der Waals surface area contributed by atoms with Crippen LogP contribution in [0.25, 0.3) is 11.4 Å². The Bertz CT molecular complexity index is 1320. The van der Waals surface area contributed by atoms with Crippen LogP contribution in [0.15, 0.2) is 52.3 Å². The van der Waals surface area contributed by atoms with E-state index in [2.05, 4.69) is 15.3 Å². The summed E-state index contributed by atoms with van der Waals surface area (Å²) in [5, 5.41) is 2.80. The first-order chi connectivity index (χ1) is 15.3. The third-order valence-electron chi connectivity index (χ3n) is 5.47. The summed E-state index contributed by atoms with van der Waals surface area (Å²) in [7, 11) is -1.97. The van der Waals surface area contributed by atoms with Crippen molar-refractivity contribution in [3.8, 4) is 11.4 Å². The summed E-state index contributed by atoms with van der Waals surface area (Å²) in [4.78, 5) is 32.0. The highest BCUT2D eigenvalue weighted by molar-refractivity contribution is 7.89. The Kier molecular flexibility index (Phi) is 5.98. The Labute approximate surface area is 186 Å². The highest BCUT2D eigenvalue weighted by Crippen LogP contribution is 2.24. The molecule has 0 aliphatic carbocycles. The van der Waals surface area contributed by atoms with Gasteiger partial charge in [0.05, 0.1) is 0 Å². The molecule has 1 aromatic carbocycles. The molecule has 168 valence electrons. The van der Waals surface area contributed by atoms with Crippen molar-refractivity contribution in [3.63, 3.8) is 0 Å². The van der Waals surface area contributed by atoms with Crippen LogP contribution in [0.3, 0.4) is 0 Å². The minimum Gasteiger partial charge on any atom is -0.345 e. The third-order valence-corrected chi connectivity index (χ3v) is 7.33. The number of aromatic nitrogens is 3. The van der Waals surface area contributed by atoms with Gasteiger partial charge in [-0.15, -0.1) is 0 Å². The lowest BCUT2D eigenvalue weighted by molar-refractivity contribution is 0.101. The van der Waals surface area contributed by atoms with Crippen LogP contribution in [-0.2, 0) is 23.5 Å². The first-order valence-corrected chi connectivity index (χ1v) is 11.9. The van der Waals surface area contributed by atoms with Gasteiger partial charge in [0.25, 0.3) is 11.5 Å². The second kappa shape index (κ2) is 8.71. The van der Waals surface area contributed by atoms with Crippen LogP contribution in [-0.4, -0.2) is 46.3 Å². The molecular weight excluding hydrogens is 430 g/mol. The van der Waals surface area contributed by atoms with E-state index in [1.54, 1.807) is 31.3 Å². The predicted molar refractivity (Wildman–Crippen MR) is 121 cm³/mol. The van der Waals surface area contributed by atoms with Crippen molar-refractivity contribution in [2.45, 2.75) is 31.1 Å². The number of benzene rings is 1. The second-order valence-corrected chi connectivity index (χ2v) is 9.69. The van der Waals surface area contributed by atoms with Crippen LogP contribution in [0.5, 0.6) is 0 Å². The summed E-state index contributed by atoms with van der Waals surface area (Å²) in [6, 6.07) is 9.82. The molecule has 1 aliphatic heterocycles. The van der Waals surface area contributed by atoms with Crippen LogP contribution in [0, 0.1) is 0 Å². The van der Waals surface area contributed by atoms with E-state index in [4.69, 9.17) is 0 Å². The predicted octanol–water partition coefficient (Wildman–Crippen LogP) is 2.37. The van der Waals surface area contributed by atoms with E-state index in [1.807, 2.05) is 6.92 Å². The monoisotopic (exact) mass is 455 g/mol. The van der Waals surface area contributed by atoms with E-state index in [0.29, 0.717) is 42.3 Å². The van der Waals surface area contributed by atoms with Crippen molar-refractivity contribution in [2.75, 3.05) is 18.4 Å². The summed E-state index contributed by atoms with van der Waals surface area (Å²) in [6.07, 6.45) is 3.78. The van der Waals surface area contributed by atoms with Crippen LogP contribution in [0.1, 0.15) is 35.9 Å². The summed E-state index contributed by atoms with van der Waals surface area (Å²) < 4.78 is 28.6. The Morgan fingerprint density at radius 3 is 2.66 bits per heavy atom. The number of aromatic amines is 1. The molecule has 0 bridgehead atoms. The summed E-state index contributed by atoms with van der Waals surface area (Å²) >= 11 is 0. The number of aryl methyl sites for hydroxylation is 2. The van der Waals surface area contributed by atoms with Gasteiger partial charge in [-0.1, -0.05) is 19.1 Å². The molecule has 3 heterocycles. The maximum absolute atomic E-state index is 12.9. The Balaban J connectivity index is 1.58. The number of hydrogen-bond acceptors (Lipinski definition) is 5. The lowest BCUT2D eigenvalue weighted by Gasteiger charge is -2.13. The molecule has 0 radical (unpaired) electrons. The Hall–Kier alpha value is -3.24. The SMILES string of the molecule is CCc1cc(=O)[nH]c(-c2cccc(NC(=O)c3cc(S(=O)(=O)N4CCCC4)cn3C)c2)n1. The third kappa shape index (κ3) is 4.37. The van der Waals surface area contributed by atoms with E-state index in [1.165, 1.54) is 27.2 Å². The average molecular weight is 456 g/mol. The van der Waals surface area contributed by atoms with Gasteiger partial charge in [0, 0.05) is 49.3 Å². The topological polar surface area (TPSA) is 117 Å². The molecule has 32 heavy (non-hydrogen) atoms. The fourth-order valence-electron chi connectivity index (χ4n) is 3.74. The molecular formula is C22H25N5O4S. The zero-order valence-electron chi connectivity index (χ0n) is 18.0. The molecule has 0 unspecified atom stereocenters. The van der Waals surface area contributed by atoms with Crippen molar-refractivity contribution in [3.05, 3.63) is 64.3 Å². The summed E-state index contributed by atoms with van der Waals surface area (Å²) in [5.41, 5.74) is 1.82. The van der Waals surface area contributed by atoms with Crippen molar-refractivity contribution in [1.29, 1.82) is 0 Å².